The van der Waals surface area contributed by atoms with E-state index in [0.29, 0.717) is 35.7 Å². The minimum atomic E-state index is -0.753. The Morgan fingerprint density at radius 2 is 2.12 bits per heavy atom. The number of esters is 1. The Hall–Kier alpha value is -2.83. The zero-order valence-electron chi connectivity index (χ0n) is 13.6. The average Bonchev–Trinajstić information content (AvgIpc) is 3.05. The van der Waals surface area contributed by atoms with Crippen molar-refractivity contribution < 1.29 is 14.5 Å². The Labute approximate surface area is 139 Å². The number of rotatable bonds is 4. The Morgan fingerprint density at radius 3 is 2.75 bits per heavy atom. The molecule has 1 N–H and O–H groups in total. The van der Waals surface area contributed by atoms with Gasteiger partial charge in [-0.1, -0.05) is 30.3 Å². The first-order chi connectivity index (χ1) is 11.6. The predicted octanol–water partition coefficient (Wildman–Crippen LogP) is 1.97. The predicted molar refractivity (Wildman–Crippen MR) is 87.2 cm³/mol. The molecule has 1 unspecified atom stereocenters. The molecular formula is C17H19N3O4. The van der Waals surface area contributed by atoms with E-state index in [9.17, 15) is 14.9 Å². The van der Waals surface area contributed by atoms with Gasteiger partial charge in [-0.25, -0.2) is 4.79 Å². The van der Waals surface area contributed by atoms with Crippen molar-refractivity contribution in [1.82, 2.24) is 10.2 Å². The van der Waals surface area contributed by atoms with Crippen LogP contribution in [-0.4, -0.2) is 35.5 Å². The third-order valence-corrected chi connectivity index (χ3v) is 4.32. The van der Waals surface area contributed by atoms with Crippen LogP contribution in [0, 0.1) is 10.1 Å². The highest BCUT2D eigenvalue weighted by molar-refractivity contribution is 5.92. The molecule has 3 rings (SSSR count). The fourth-order valence-corrected chi connectivity index (χ4v) is 3.32. The van der Waals surface area contributed by atoms with Gasteiger partial charge < -0.3 is 15.0 Å². The Balaban J connectivity index is 2.22. The SMILES string of the molecule is CCOC(=O)C1=C(C)N2CCNC2=C([N+](=O)[O-])C1c1ccccc1. The standard InChI is InChI=1S/C17H19N3O4/c1-3-24-17(21)13-11(2)19-10-9-18-16(19)15(20(22)23)14(13)12-7-5-4-6-8-12/h4-8,14,18H,3,9-10H2,1-2H3. The van der Waals surface area contributed by atoms with E-state index in [1.807, 2.05) is 25.1 Å². The molecule has 2 aliphatic heterocycles. The van der Waals surface area contributed by atoms with E-state index in [2.05, 4.69) is 5.32 Å². The van der Waals surface area contributed by atoms with Crippen LogP contribution in [0.15, 0.2) is 53.1 Å². The monoisotopic (exact) mass is 329 g/mol. The van der Waals surface area contributed by atoms with E-state index in [1.165, 1.54) is 0 Å². The van der Waals surface area contributed by atoms with Crippen LogP contribution >= 0.6 is 0 Å². The molecule has 0 spiro atoms. The van der Waals surface area contributed by atoms with Gasteiger partial charge in [-0.15, -0.1) is 0 Å². The molecule has 1 atom stereocenters. The number of nitro groups is 1. The number of fused-ring (bicyclic) bond motifs is 1. The summed E-state index contributed by atoms with van der Waals surface area (Å²) < 4.78 is 5.19. The third-order valence-electron chi connectivity index (χ3n) is 4.32. The summed E-state index contributed by atoms with van der Waals surface area (Å²) in [7, 11) is 0. The minimum absolute atomic E-state index is 0.00708. The number of nitrogens with one attached hydrogen (secondary N) is 1. The summed E-state index contributed by atoms with van der Waals surface area (Å²) in [5.41, 5.74) is 1.73. The van der Waals surface area contributed by atoms with Crippen molar-refractivity contribution in [2.24, 2.45) is 0 Å². The van der Waals surface area contributed by atoms with Gasteiger partial charge in [-0.2, -0.15) is 0 Å². The highest BCUT2D eigenvalue weighted by Crippen LogP contribution is 2.42. The first kappa shape index (κ1) is 16.0. The molecule has 0 aliphatic carbocycles. The molecule has 24 heavy (non-hydrogen) atoms. The second-order valence-electron chi connectivity index (χ2n) is 5.63. The first-order valence-electron chi connectivity index (χ1n) is 7.89. The van der Waals surface area contributed by atoms with Crippen LogP contribution in [0.1, 0.15) is 25.3 Å². The highest BCUT2D eigenvalue weighted by atomic mass is 16.6. The fourth-order valence-electron chi connectivity index (χ4n) is 3.32. The topological polar surface area (TPSA) is 84.7 Å². The summed E-state index contributed by atoms with van der Waals surface area (Å²) in [5, 5.41) is 14.9. The van der Waals surface area contributed by atoms with Crippen LogP contribution in [0.4, 0.5) is 0 Å². The Kier molecular flexibility index (Phi) is 4.24. The van der Waals surface area contributed by atoms with E-state index in [-0.39, 0.29) is 12.3 Å². The number of hydrogen-bond acceptors (Lipinski definition) is 6. The molecule has 1 saturated heterocycles. The van der Waals surface area contributed by atoms with Crippen LogP contribution in [0.25, 0.3) is 0 Å². The lowest BCUT2D eigenvalue weighted by atomic mass is 9.84. The third kappa shape index (κ3) is 2.51. The molecule has 126 valence electrons. The van der Waals surface area contributed by atoms with Gasteiger partial charge in [0.25, 0.3) is 5.70 Å². The summed E-state index contributed by atoms with van der Waals surface area (Å²) in [4.78, 5) is 25.8. The van der Waals surface area contributed by atoms with Crippen LogP contribution in [0.5, 0.6) is 0 Å². The number of ether oxygens (including phenoxy) is 1. The minimum Gasteiger partial charge on any atom is -0.463 e. The molecular weight excluding hydrogens is 310 g/mol. The van der Waals surface area contributed by atoms with Crippen molar-refractivity contribution in [2.45, 2.75) is 19.8 Å². The lowest BCUT2D eigenvalue weighted by molar-refractivity contribution is -0.432. The van der Waals surface area contributed by atoms with Crippen LogP contribution in [0.2, 0.25) is 0 Å². The van der Waals surface area contributed by atoms with E-state index in [0.717, 1.165) is 0 Å². The molecule has 2 heterocycles. The summed E-state index contributed by atoms with van der Waals surface area (Å²) in [5.74, 6) is -0.786. The summed E-state index contributed by atoms with van der Waals surface area (Å²) in [6.07, 6.45) is 0. The van der Waals surface area contributed by atoms with Crippen LogP contribution < -0.4 is 5.32 Å². The molecule has 0 aromatic heterocycles. The van der Waals surface area contributed by atoms with E-state index >= 15 is 0 Å². The van der Waals surface area contributed by atoms with Gasteiger partial charge in [-0.3, -0.25) is 10.1 Å². The zero-order chi connectivity index (χ0) is 17.3. The molecule has 7 nitrogen and oxygen atoms in total. The van der Waals surface area contributed by atoms with Crippen molar-refractivity contribution in [3.8, 4) is 0 Å². The van der Waals surface area contributed by atoms with Crippen LogP contribution in [-0.2, 0) is 9.53 Å². The number of allylic oxidation sites excluding steroid dienone is 2. The number of nitrogens with zero attached hydrogens (tertiary/aromatic N) is 2. The van der Waals surface area contributed by atoms with Crippen molar-refractivity contribution in [3.63, 3.8) is 0 Å². The van der Waals surface area contributed by atoms with Gasteiger partial charge in [0.1, 0.15) is 5.92 Å². The van der Waals surface area contributed by atoms with Gasteiger partial charge in [0, 0.05) is 18.8 Å². The van der Waals surface area contributed by atoms with Crippen molar-refractivity contribution in [2.75, 3.05) is 19.7 Å². The van der Waals surface area contributed by atoms with Crippen molar-refractivity contribution >= 4 is 5.97 Å². The summed E-state index contributed by atoms with van der Waals surface area (Å²) >= 11 is 0. The molecule has 7 heteroatoms. The molecule has 0 radical (unpaired) electrons. The van der Waals surface area contributed by atoms with Gasteiger partial charge >= 0.3 is 5.97 Å². The maximum Gasteiger partial charge on any atom is 0.336 e. The molecule has 0 saturated carbocycles. The Morgan fingerprint density at radius 1 is 1.42 bits per heavy atom. The largest absolute Gasteiger partial charge is 0.463 e. The van der Waals surface area contributed by atoms with Crippen LogP contribution in [0.3, 0.4) is 0 Å². The van der Waals surface area contributed by atoms with Gasteiger partial charge in [-0.05, 0) is 19.4 Å². The smallest absolute Gasteiger partial charge is 0.336 e. The van der Waals surface area contributed by atoms with Gasteiger partial charge in [0.15, 0.2) is 5.82 Å². The zero-order valence-corrected chi connectivity index (χ0v) is 13.6. The molecule has 0 bridgehead atoms. The number of hydrogen-bond donors (Lipinski definition) is 1. The van der Waals surface area contributed by atoms with Crippen molar-refractivity contribution in [3.05, 3.63) is 68.8 Å². The Bertz CT molecular complexity index is 739. The number of carbonyl (C=O) groups excluding carboxylic acids is 1. The number of benzene rings is 1. The molecule has 0 amide bonds. The van der Waals surface area contributed by atoms with Gasteiger partial charge in [0.05, 0.1) is 17.1 Å². The maximum absolute atomic E-state index is 12.6. The van der Waals surface area contributed by atoms with E-state index < -0.39 is 16.8 Å². The van der Waals surface area contributed by atoms with Crippen molar-refractivity contribution in [1.29, 1.82) is 0 Å². The van der Waals surface area contributed by atoms with E-state index in [1.54, 1.807) is 24.0 Å². The van der Waals surface area contributed by atoms with E-state index in [4.69, 9.17) is 4.74 Å². The summed E-state index contributed by atoms with van der Waals surface area (Å²) in [6, 6.07) is 9.05. The summed E-state index contributed by atoms with van der Waals surface area (Å²) in [6.45, 7) is 4.94. The maximum atomic E-state index is 12.6. The highest BCUT2D eigenvalue weighted by Gasteiger charge is 2.46. The second kappa shape index (κ2) is 6.35. The molecule has 2 aliphatic rings. The second-order valence-corrected chi connectivity index (χ2v) is 5.63. The average molecular weight is 329 g/mol. The molecule has 1 aromatic rings. The normalized spacial score (nSPS) is 19.9. The lowest BCUT2D eigenvalue weighted by Gasteiger charge is -2.31. The fraction of sp³-hybridized carbons (Fsp3) is 0.353. The number of carbonyl (C=O) groups is 1. The quantitative estimate of drug-likeness (QED) is 0.516. The lowest BCUT2D eigenvalue weighted by Crippen LogP contribution is -2.35. The molecule has 1 fully saturated rings. The molecule has 1 aromatic carbocycles. The van der Waals surface area contributed by atoms with Gasteiger partial charge in [0.2, 0.25) is 0 Å². The first-order valence-corrected chi connectivity index (χ1v) is 7.89.